The second kappa shape index (κ2) is 2.07. The van der Waals surface area contributed by atoms with Crippen molar-refractivity contribution in [1.29, 1.82) is 0 Å². The highest BCUT2D eigenvalue weighted by atomic mass is 19.3. The zero-order valence-corrected chi connectivity index (χ0v) is 4.37. The van der Waals surface area contributed by atoms with Crippen LogP contribution >= 0.6 is 0 Å². The number of rotatable bonds is 2. The molecule has 0 aromatic rings. The smallest absolute Gasteiger partial charge is 0.181 e. The molecule has 0 saturated carbocycles. The number of halogens is 3. The Morgan fingerprint density at radius 2 is 2.00 bits per heavy atom. The van der Waals surface area contributed by atoms with Gasteiger partial charge in [0.25, 0.3) is 0 Å². The van der Waals surface area contributed by atoms with Crippen molar-refractivity contribution in [1.82, 2.24) is 5.12 Å². The van der Waals surface area contributed by atoms with Crippen molar-refractivity contribution >= 4 is 0 Å². The first-order valence-electron chi connectivity index (χ1n) is 1.94. The first kappa shape index (κ1) is 7.33. The Kier molecular flexibility index (Phi) is 1.89. The van der Waals surface area contributed by atoms with Crippen LogP contribution in [0.25, 0.3) is 0 Å². The van der Waals surface area contributed by atoms with E-state index in [1.165, 1.54) is 0 Å². The fraction of sp³-hybridized carbons (Fsp3) is 0.500. The molecule has 0 spiro atoms. The molecule has 0 fully saturated rings. The minimum atomic E-state index is -3.44. The summed E-state index contributed by atoms with van der Waals surface area (Å²) in [5, 5.41) is -0.757. The fourth-order valence-corrected chi connectivity index (χ4v) is 0.160. The van der Waals surface area contributed by atoms with E-state index in [4.69, 9.17) is 0 Å². The highest BCUT2D eigenvalue weighted by Gasteiger charge is 2.27. The van der Waals surface area contributed by atoms with E-state index in [9.17, 15) is 13.3 Å². The van der Waals surface area contributed by atoms with E-state index >= 15 is 0 Å². The average Bonchev–Trinajstić information content (AvgIpc) is 1.62. The zero-order valence-electron chi connectivity index (χ0n) is 4.37. The second-order valence-corrected chi connectivity index (χ2v) is 1.34. The van der Waals surface area contributed by atoms with E-state index in [0.717, 1.165) is 0 Å². The van der Waals surface area contributed by atoms with Crippen LogP contribution < -0.4 is 0 Å². The molecule has 0 atom stereocenters. The molecule has 0 aliphatic carbocycles. The number of alkyl halides is 2. The molecular weight excluding hydrogens is 119 g/mol. The Balaban J connectivity index is 3.80. The van der Waals surface area contributed by atoms with Gasteiger partial charge in [0.05, 0.1) is 0 Å². The zero-order chi connectivity index (χ0) is 6.78. The summed E-state index contributed by atoms with van der Waals surface area (Å²) < 4.78 is 34.8. The molecule has 0 N–H and O–H groups in total. The Bertz CT molecular complexity index is 85.8. The minimum absolute atomic E-state index is 0.417. The van der Waals surface area contributed by atoms with E-state index < -0.39 is 11.2 Å². The van der Waals surface area contributed by atoms with Gasteiger partial charge < -0.3 is 0 Å². The van der Waals surface area contributed by atoms with Crippen LogP contribution in [0.4, 0.5) is 13.3 Å². The Morgan fingerprint density at radius 1 is 1.62 bits per heavy atom. The topological polar surface area (TPSA) is 3.24 Å². The largest absolute Gasteiger partial charge is 0.347 e. The third-order valence-electron chi connectivity index (χ3n) is 0.535. The van der Waals surface area contributed by atoms with E-state index in [2.05, 4.69) is 6.58 Å². The maximum absolute atomic E-state index is 11.6. The molecule has 0 aliphatic rings. The summed E-state index contributed by atoms with van der Waals surface area (Å²) in [5.41, 5.74) is 0. The lowest BCUT2D eigenvalue weighted by molar-refractivity contribution is -0.192. The molecule has 8 heavy (non-hydrogen) atoms. The van der Waals surface area contributed by atoms with Gasteiger partial charge in [-0.15, -0.1) is 0 Å². The monoisotopic (exact) mass is 125 g/mol. The molecule has 0 saturated heterocycles. The third kappa shape index (κ3) is 1.86. The van der Waals surface area contributed by atoms with Crippen molar-refractivity contribution in [2.45, 2.75) is 13.0 Å². The maximum Gasteiger partial charge on any atom is 0.347 e. The van der Waals surface area contributed by atoms with E-state index in [1.807, 2.05) is 0 Å². The summed E-state index contributed by atoms with van der Waals surface area (Å²) in [6.45, 7) is 3.24. The first-order valence-corrected chi connectivity index (χ1v) is 1.94. The molecule has 0 unspecified atom stereocenters. The van der Waals surface area contributed by atoms with Gasteiger partial charge in [-0.05, 0) is 0 Å². The van der Waals surface area contributed by atoms with E-state index in [-0.39, 0.29) is 0 Å². The van der Waals surface area contributed by atoms with Crippen LogP contribution in [0.2, 0.25) is 0 Å². The Labute approximate surface area is 45.3 Å². The number of hydrogen-bond acceptors (Lipinski definition) is 1. The number of nitrogens with zero attached hydrogens (tertiary/aromatic N) is 1. The lowest BCUT2D eigenvalue weighted by atomic mass is 10.6. The Hall–Kier alpha value is -0.670. The standard InChI is InChI=1S/C4H6F3N/c1-3-8(7)4(2,5)6/h3H,1H2,2H3. The first-order chi connectivity index (χ1) is 3.48. The SMILES string of the molecule is C=CN(F)C(C)(F)F. The van der Waals surface area contributed by atoms with Crippen molar-refractivity contribution in [2.75, 3.05) is 0 Å². The van der Waals surface area contributed by atoms with Crippen LogP contribution in [0, 0.1) is 0 Å². The van der Waals surface area contributed by atoms with Gasteiger partial charge in [0.2, 0.25) is 0 Å². The third-order valence-corrected chi connectivity index (χ3v) is 0.535. The van der Waals surface area contributed by atoms with E-state index in [1.54, 1.807) is 0 Å². The van der Waals surface area contributed by atoms with Crippen LogP contribution in [-0.4, -0.2) is 11.2 Å². The molecule has 0 bridgehead atoms. The molecular formula is C4H6F3N. The summed E-state index contributed by atoms with van der Waals surface area (Å²) in [6, 6.07) is -3.44. The van der Waals surface area contributed by atoms with Gasteiger partial charge in [-0.25, -0.2) is 0 Å². The Morgan fingerprint density at radius 3 is 2.00 bits per heavy atom. The lowest BCUT2D eigenvalue weighted by Crippen LogP contribution is -2.26. The van der Waals surface area contributed by atoms with Crippen molar-refractivity contribution in [3.63, 3.8) is 0 Å². The highest BCUT2D eigenvalue weighted by Crippen LogP contribution is 2.17. The molecule has 0 radical (unpaired) electrons. The molecule has 0 aliphatic heterocycles. The molecule has 48 valence electrons. The van der Waals surface area contributed by atoms with Gasteiger partial charge in [-0.1, -0.05) is 11.1 Å². The van der Waals surface area contributed by atoms with Gasteiger partial charge in [-0.3, -0.25) is 0 Å². The second-order valence-electron chi connectivity index (χ2n) is 1.34. The van der Waals surface area contributed by atoms with Gasteiger partial charge >= 0.3 is 6.05 Å². The van der Waals surface area contributed by atoms with Crippen molar-refractivity contribution < 1.29 is 13.3 Å². The summed E-state index contributed by atoms with van der Waals surface area (Å²) >= 11 is 0. The average molecular weight is 125 g/mol. The molecule has 0 amide bonds. The van der Waals surface area contributed by atoms with Crippen LogP contribution in [0.1, 0.15) is 6.92 Å². The molecule has 0 aromatic carbocycles. The van der Waals surface area contributed by atoms with Crippen LogP contribution in [0.15, 0.2) is 12.8 Å². The van der Waals surface area contributed by atoms with Gasteiger partial charge in [0, 0.05) is 13.1 Å². The predicted molar refractivity (Wildman–Crippen MR) is 23.8 cm³/mol. The molecule has 0 aromatic heterocycles. The normalized spacial score (nSPS) is 11.0. The van der Waals surface area contributed by atoms with Crippen LogP contribution in [0.3, 0.4) is 0 Å². The van der Waals surface area contributed by atoms with Gasteiger partial charge in [-0.2, -0.15) is 13.9 Å². The minimum Gasteiger partial charge on any atom is -0.181 e. The van der Waals surface area contributed by atoms with Gasteiger partial charge in [0.15, 0.2) is 0 Å². The fourth-order valence-electron chi connectivity index (χ4n) is 0.160. The quantitative estimate of drug-likeness (QED) is 0.402. The highest BCUT2D eigenvalue weighted by molar-refractivity contribution is 4.66. The molecule has 1 nitrogen and oxygen atoms in total. The maximum atomic E-state index is 11.6. The summed E-state index contributed by atoms with van der Waals surface area (Å²) in [4.78, 5) is 0. The van der Waals surface area contributed by atoms with Crippen molar-refractivity contribution in [3.05, 3.63) is 12.8 Å². The molecule has 0 heterocycles. The van der Waals surface area contributed by atoms with Crippen molar-refractivity contribution in [2.24, 2.45) is 0 Å². The molecule has 4 heteroatoms. The van der Waals surface area contributed by atoms with Gasteiger partial charge in [0.1, 0.15) is 0 Å². The van der Waals surface area contributed by atoms with Crippen LogP contribution in [-0.2, 0) is 0 Å². The summed E-state index contributed by atoms with van der Waals surface area (Å²) in [6.07, 6.45) is 0.417. The van der Waals surface area contributed by atoms with E-state index in [0.29, 0.717) is 13.1 Å². The lowest BCUT2D eigenvalue weighted by Gasteiger charge is -2.14. The van der Waals surface area contributed by atoms with Crippen LogP contribution in [0.5, 0.6) is 0 Å². The summed E-state index contributed by atoms with van der Waals surface area (Å²) in [7, 11) is 0. The predicted octanol–water partition coefficient (Wildman–Crippen LogP) is 1.93. The summed E-state index contributed by atoms with van der Waals surface area (Å²) in [5.74, 6) is 0. The molecule has 0 rings (SSSR count). The number of hydrogen-bond donors (Lipinski definition) is 0. The van der Waals surface area contributed by atoms with Crippen molar-refractivity contribution in [3.8, 4) is 0 Å².